The number of pyridine rings is 1. The van der Waals surface area contributed by atoms with Crippen LogP contribution in [-0.2, 0) is 4.79 Å². The van der Waals surface area contributed by atoms with E-state index in [9.17, 15) is 9.59 Å². The molecular weight excluding hydrogens is 232 g/mol. The van der Waals surface area contributed by atoms with Gasteiger partial charge in [0.15, 0.2) is 0 Å². The molecule has 2 heterocycles. The lowest BCUT2D eigenvalue weighted by molar-refractivity contribution is -0.122. The van der Waals surface area contributed by atoms with Crippen LogP contribution in [-0.4, -0.2) is 47.4 Å². The monoisotopic (exact) mass is 248 g/mol. The van der Waals surface area contributed by atoms with Gasteiger partial charge in [0.1, 0.15) is 11.7 Å². The largest absolute Gasteiger partial charge is 0.368 e. The van der Waals surface area contributed by atoms with Gasteiger partial charge in [-0.2, -0.15) is 0 Å². The summed E-state index contributed by atoms with van der Waals surface area (Å²) < 4.78 is 0. The molecular formula is C12H16N4O2. The average Bonchev–Trinajstić information content (AvgIpc) is 2.38. The van der Waals surface area contributed by atoms with E-state index in [0.29, 0.717) is 25.3 Å². The number of carbonyl (C=O) groups is 2. The van der Waals surface area contributed by atoms with Gasteiger partial charge in [-0.3, -0.25) is 9.59 Å². The van der Waals surface area contributed by atoms with Crippen molar-refractivity contribution in [3.63, 3.8) is 0 Å². The maximum atomic E-state index is 12.3. The van der Waals surface area contributed by atoms with Crippen LogP contribution in [0.25, 0.3) is 0 Å². The van der Waals surface area contributed by atoms with Crippen LogP contribution in [0.4, 0.5) is 0 Å². The van der Waals surface area contributed by atoms with Gasteiger partial charge >= 0.3 is 0 Å². The van der Waals surface area contributed by atoms with Gasteiger partial charge in [0.25, 0.3) is 5.91 Å². The zero-order valence-electron chi connectivity index (χ0n) is 10.2. The van der Waals surface area contributed by atoms with Crippen LogP contribution in [0.1, 0.15) is 16.2 Å². The molecule has 1 saturated heterocycles. The van der Waals surface area contributed by atoms with Crippen molar-refractivity contribution in [2.75, 3.05) is 19.6 Å². The fourth-order valence-electron chi connectivity index (χ4n) is 2.01. The quantitative estimate of drug-likeness (QED) is 0.723. The molecule has 0 saturated carbocycles. The van der Waals surface area contributed by atoms with Crippen LogP contribution in [0, 0.1) is 6.92 Å². The van der Waals surface area contributed by atoms with Gasteiger partial charge in [-0.05, 0) is 19.1 Å². The van der Waals surface area contributed by atoms with Crippen LogP contribution in [0.2, 0.25) is 0 Å². The zero-order valence-corrected chi connectivity index (χ0v) is 10.2. The highest BCUT2D eigenvalue weighted by atomic mass is 16.2. The van der Waals surface area contributed by atoms with Crippen molar-refractivity contribution >= 4 is 11.8 Å². The van der Waals surface area contributed by atoms with Crippen LogP contribution in [0.5, 0.6) is 0 Å². The molecule has 0 aromatic carbocycles. The molecule has 1 aromatic rings. The van der Waals surface area contributed by atoms with Crippen molar-refractivity contribution in [2.24, 2.45) is 5.73 Å². The lowest BCUT2D eigenvalue weighted by Gasteiger charge is -2.33. The molecule has 2 rings (SSSR count). The third-order valence-electron chi connectivity index (χ3n) is 2.94. The highest BCUT2D eigenvalue weighted by molar-refractivity contribution is 5.96. The molecule has 1 aliphatic rings. The summed E-state index contributed by atoms with van der Waals surface area (Å²) in [5.74, 6) is -0.743. The van der Waals surface area contributed by atoms with E-state index in [1.165, 1.54) is 4.90 Å². The molecule has 18 heavy (non-hydrogen) atoms. The van der Waals surface area contributed by atoms with Gasteiger partial charge in [-0.15, -0.1) is 0 Å². The van der Waals surface area contributed by atoms with Gasteiger partial charge in [-0.1, -0.05) is 6.07 Å². The predicted molar refractivity (Wildman–Crippen MR) is 65.9 cm³/mol. The summed E-state index contributed by atoms with van der Waals surface area (Å²) in [6, 6.07) is 4.64. The van der Waals surface area contributed by atoms with E-state index in [1.54, 1.807) is 12.1 Å². The fourth-order valence-corrected chi connectivity index (χ4v) is 2.01. The molecule has 0 radical (unpaired) electrons. The Balaban J connectivity index is 2.23. The number of nitrogens with one attached hydrogen (secondary N) is 1. The Morgan fingerprint density at radius 3 is 2.94 bits per heavy atom. The predicted octanol–water partition coefficient (Wildman–Crippen LogP) is -0.711. The number of piperazine rings is 1. The van der Waals surface area contributed by atoms with Gasteiger partial charge in [0.05, 0.1) is 0 Å². The van der Waals surface area contributed by atoms with E-state index in [0.717, 1.165) is 5.69 Å². The molecule has 1 fully saturated rings. The van der Waals surface area contributed by atoms with Crippen molar-refractivity contribution in [3.05, 3.63) is 29.6 Å². The van der Waals surface area contributed by atoms with E-state index in [-0.39, 0.29) is 5.91 Å². The average molecular weight is 248 g/mol. The Morgan fingerprint density at radius 1 is 1.50 bits per heavy atom. The van der Waals surface area contributed by atoms with Gasteiger partial charge in [0.2, 0.25) is 5.91 Å². The van der Waals surface area contributed by atoms with Crippen molar-refractivity contribution in [2.45, 2.75) is 13.0 Å². The SMILES string of the molecule is Cc1cccc(C(=O)N2CCNCC2C(N)=O)n1. The zero-order chi connectivity index (χ0) is 13.1. The second-order valence-electron chi connectivity index (χ2n) is 4.29. The summed E-state index contributed by atoms with van der Waals surface area (Å²) in [6.07, 6.45) is 0. The van der Waals surface area contributed by atoms with Gasteiger partial charge in [0, 0.05) is 25.3 Å². The van der Waals surface area contributed by atoms with Crippen LogP contribution >= 0.6 is 0 Å². The Hall–Kier alpha value is -1.95. The van der Waals surface area contributed by atoms with Crippen molar-refractivity contribution in [1.29, 1.82) is 0 Å². The molecule has 3 N–H and O–H groups in total. The number of aromatic nitrogens is 1. The molecule has 6 heteroatoms. The molecule has 0 spiro atoms. The number of carbonyl (C=O) groups excluding carboxylic acids is 2. The first-order valence-corrected chi connectivity index (χ1v) is 5.84. The van der Waals surface area contributed by atoms with Crippen molar-refractivity contribution in [3.8, 4) is 0 Å². The summed E-state index contributed by atoms with van der Waals surface area (Å²) >= 11 is 0. The molecule has 0 aliphatic carbocycles. The topological polar surface area (TPSA) is 88.3 Å². The molecule has 96 valence electrons. The minimum Gasteiger partial charge on any atom is -0.368 e. The molecule has 1 aliphatic heterocycles. The van der Waals surface area contributed by atoms with Crippen LogP contribution in [0.15, 0.2) is 18.2 Å². The van der Waals surface area contributed by atoms with Gasteiger partial charge < -0.3 is 16.0 Å². The first kappa shape index (κ1) is 12.5. The smallest absolute Gasteiger partial charge is 0.273 e. The number of nitrogens with two attached hydrogens (primary N) is 1. The first-order valence-electron chi connectivity index (χ1n) is 5.84. The van der Waals surface area contributed by atoms with E-state index in [2.05, 4.69) is 10.3 Å². The number of nitrogens with zero attached hydrogens (tertiary/aromatic N) is 2. The van der Waals surface area contributed by atoms with Crippen LogP contribution < -0.4 is 11.1 Å². The second kappa shape index (κ2) is 5.14. The number of primary amides is 1. The normalized spacial score (nSPS) is 19.6. The summed E-state index contributed by atoms with van der Waals surface area (Å²) in [4.78, 5) is 29.3. The molecule has 0 bridgehead atoms. The summed E-state index contributed by atoms with van der Waals surface area (Å²) in [5.41, 5.74) is 6.43. The number of rotatable bonds is 2. The minimum absolute atomic E-state index is 0.246. The fraction of sp³-hybridized carbons (Fsp3) is 0.417. The number of hydrogen-bond donors (Lipinski definition) is 2. The maximum absolute atomic E-state index is 12.3. The molecule has 2 amide bonds. The third kappa shape index (κ3) is 2.48. The van der Waals surface area contributed by atoms with E-state index in [1.807, 2.05) is 13.0 Å². The Morgan fingerprint density at radius 2 is 2.28 bits per heavy atom. The number of amides is 2. The standard InChI is InChI=1S/C12H16N4O2/c1-8-3-2-4-9(15-8)12(18)16-6-5-14-7-10(16)11(13)17/h2-4,10,14H,5-7H2,1H3,(H2,13,17). The molecule has 1 atom stereocenters. The summed E-state index contributed by atoms with van der Waals surface area (Å²) in [5, 5.41) is 3.05. The summed E-state index contributed by atoms with van der Waals surface area (Å²) in [6.45, 7) is 3.33. The third-order valence-corrected chi connectivity index (χ3v) is 2.94. The summed E-state index contributed by atoms with van der Waals surface area (Å²) in [7, 11) is 0. The molecule has 6 nitrogen and oxygen atoms in total. The number of hydrogen-bond acceptors (Lipinski definition) is 4. The maximum Gasteiger partial charge on any atom is 0.273 e. The second-order valence-corrected chi connectivity index (χ2v) is 4.29. The van der Waals surface area contributed by atoms with Crippen molar-refractivity contribution in [1.82, 2.24) is 15.2 Å². The first-order chi connectivity index (χ1) is 8.59. The Labute approximate surface area is 105 Å². The Bertz CT molecular complexity index is 475. The molecule has 1 aromatic heterocycles. The van der Waals surface area contributed by atoms with Crippen LogP contribution in [0.3, 0.4) is 0 Å². The highest BCUT2D eigenvalue weighted by Crippen LogP contribution is 2.09. The van der Waals surface area contributed by atoms with Crippen molar-refractivity contribution < 1.29 is 9.59 Å². The lowest BCUT2D eigenvalue weighted by Crippen LogP contribution is -2.58. The Kier molecular flexibility index (Phi) is 3.57. The number of aryl methyl sites for hydroxylation is 1. The van der Waals surface area contributed by atoms with E-state index < -0.39 is 11.9 Å². The van der Waals surface area contributed by atoms with E-state index >= 15 is 0 Å². The lowest BCUT2D eigenvalue weighted by atomic mass is 10.1. The van der Waals surface area contributed by atoms with Gasteiger partial charge in [-0.25, -0.2) is 4.98 Å². The molecule has 1 unspecified atom stereocenters. The van der Waals surface area contributed by atoms with E-state index in [4.69, 9.17) is 5.73 Å². The minimum atomic E-state index is -0.603. The highest BCUT2D eigenvalue weighted by Gasteiger charge is 2.31.